The Bertz CT molecular complexity index is 668. The van der Waals surface area contributed by atoms with E-state index in [4.69, 9.17) is 5.73 Å². The second kappa shape index (κ2) is 10.2. The molecule has 0 aromatic heterocycles. The highest BCUT2D eigenvalue weighted by Crippen LogP contribution is 2.26. The number of nitrogens with two attached hydrogens (primary N) is 1. The maximum Gasteiger partial charge on any atom is 0.326 e. The van der Waals surface area contributed by atoms with E-state index in [1.54, 1.807) is 0 Å². The first-order chi connectivity index (χ1) is 14.0. The minimum Gasteiger partial charge on any atom is -0.480 e. The number of carbonyl (C=O) groups excluding carboxylic acids is 3. The third-order valence-corrected chi connectivity index (χ3v) is 5.75. The van der Waals surface area contributed by atoms with Gasteiger partial charge < -0.3 is 31.1 Å². The summed E-state index contributed by atoms with van der Waals surface area (Å²) in [5.41, 5.74) is 5.89. The lowest BCUT2D eigenvalue weighted by molar-refractivity contribution is -0.153. The van der Waals surface area contributed by atoms with E-state index in [2.05, 4.69) is 5.32 Å². The molecule has 5 unspecified atom stereocenters. The number of rotatable bonds is 8. The van der Waals surface area contributed by atoms with Crippen molar-refractivity contribution in [3.8, 4) is 0 Å². The fourth-order valence-corrected chi connectivity index (χ4v) is 4.21. The second-order valence-corrected chi connectivity index (χ2v) is 8.68. The van der Waals surface area contributed by atoms with Crippen LogP contribution in [0.2, 0.25) is 0 Å². The van der Waals surface area contributed by atoms with Crippen molar-refractivity contribution < 1.29 is 29.4 Å². The Balaban J connectivity index is 2.12. The SMILES string of the molecule is CC(C)CC(N)C(=O)NC(C(=O)N1CCCC1C(=O)N1CCCC1C(=O)O)C(C)O. The maximum absolute atomic E-state index is 13.1. The van der Waals surface area contributed by atoms with Crippen LogP contribution in [0.4, 0.5) is 0 Å². The normalized spacial score (nSPS) is 24.6. The minimum absolute atomic E-state index is 0.190. The molecule has 2 heterocycles. The standard InChI is InChI=1S/C20H34N4O6/c1-11(2)10-13(21)17(26)22-16(12(3)25)19(28)23-8-4-6-14(23)18(27)24-9-5-7-15(24)20(29)30/h11-16,25H,4-10,21H2,1-3H3,(H,22,26)(H,29,30). The minimum atomic E-state index is -1.22. The summed E-state index contributed by atoms with van der Waals surface area (Å²) in [6, 6.07) is -3.70. The number of aliphatic carboxylic acids is 1. The van der Waals surface area contributed by atoms with E-state index < -0.39 is 54.0 Å². The molecule has 0 aliphatic carbocycles. The van der Waals surface area contributed by atoms with Gasteiger partial charge in [0.1, 0.15) is 18.1 Å². The van der Waals surface area contributed by atoms with Gasteiger partial charge in [-0.25, -0.2) is 4.79 Å². The summed E-state index contributed by atoms with van der Waals surface area (Å²) in [5, 5.41) is 22.0. The molecule has 170 valence electrons. The summed E-state index contributed by atoms with van der Waals surface area (Å²) in [6.07, 6.45) is 1.25. The molecular weight excluding hydrogens is 392 g/mol. The van der Waals surface area contributed by atoms with Gasteiger partial charge in [0.25, 0.3) is 0 Å². The van der Waals surface area contributed by atoms with E-state index in [1.807, 2.05) is 13.8 Å². The first-order valence-corrected chi connectivity index (χ1v) is 10.6. The number of aliphatic hydroxyl groups is 1. The summed E-state index contributed by atoms with van der Waals surface area (Å²) in [5.74, 6) is -2.34. The Kier molecular flexibility index (Phi) is 8.19. The van der Waals surface area contributed by atoms with Gasteiger partial charge >= 0.3 is 5.97 Å². The van der Waals surface area contributed by atoms with Crippen molar-refractivity contribution >= 4 is 23.7 Å². The average Bonchev–Trinajstić information content (AvgIpc) is 3.33. The van der Waals surface area contributed by atoms with Crippen LogP contribution in [0.3, 0.4) is 0 Å². The monoisotopic (exact) mass is 426 g/mol. The van der Waals surface area contributed by atoms with E-state index in [1.165, 1.54) is 16.7 Å². The lowest BCUT2D eigenvalue weighted by Crippen LogP contribution is -2.59. The third kappa shape index (κ3) is 5.48. The van der Waals surface area contributed by atoms with Crippen LogP contribution in [-0.4, -0.2) is 87.1 Å². The molecule has 0 spiro atoms. The number of carboxylic acid groups (broad SMARTS) is 1. The number of carboxylic acids is 1. The van der Waals surface area contributed by atoms with E-state index in [0.29, 0.717) is 45.2 Å². The number of hydrogen-bond acceptors (Lipinski definition) is 6. The topological polar surface area (TPSA) is 153 Å². The van der Waals surface area contributed by atoms with Crippen molar-refractivity contribution in [2.45, 2.75) is 83.1 Å². The van der Waals surface area contributed by atoms with Gasteiger partial charge in [0.05, 0.1) is 12.1 Å². The van der Waals surface area contributed by atoms with Gasteiger partial charge in [0, 0.05) is 13.1 Å². The zero-order valence-corrected chi connectivity index (χ0v) is 17.9. The van der Waals surface area contributed by atoms with Gasteiger partial charge in [-0.1, -0.05) is 13.8 Å². The number of nitrogens with zero attached hydrogens (tertiary/aromatic N) is 2. The van der Waals surface area contributed by atoms with Crippen molar-refractivity contribution in [2.24, 2.45) is 11.7 Å². The van der Waals surface area contributed by atoms with E-state index in [-0.39, 0.29) is 5.92 Å². The Labute approximate surface area is 176 Å². The van der Waals surface area contributed by atoms with Crippen molar-refractivity contribution in [2.75, 3.05) is 13.1 Å². The second-order valence-electron chi connectivity index (χ2n) is 8.68. The first-order valence-electron chi connectivity index (χ1n) is 10.6. The number of amides is 3. The Morgan fingerprint density at radius 3 is 2.13 bits per heavy atom. The van der Waals surface area contributed by atoms with E-state index in [9.17, 15) is 29.4 Å². The van der Waals surface area contributed by atoms with Crippen molar-refractivity contribution in [1.29, 1.82) is 0 Å². The highest BCUT2D eigenvalue weighted by atomic mass is 16.4. The molecule has 0 radical (unpaired) electrons. The molecule has 0 aromatic carbocycles. The Hall–Kier alpha value is -2.20. The van der Waals surface area contributed by atoms with Gasteiger partial charge in [-0.15, -0.1) is 0 Å². The number of aliphatic hydroxyl groups excluding tert-OH is 1. The molecule has 2 fully saturated rings. The lowest BCUT2D eigenvalue weighted by atomic mass is 10.0. The van der Waals surface area contributed by atoms with Gasteiger partial charge in [-0.3, -0.25) is 14.4 Å². The molecule has 2 rings (SSSR count). The van der Waals surface area contributed by atoms with Crippen LogP contribution in [0.15, 0.2) is 0 Å². The maximum atomic E-state index is 13.1. The molecule has 0 bridgehead atoms. The lowest BCUT2D eigenvalue weighted by Gasteiger charge is -2.33. The van der Waals surface area contributed by atoms with E-state index in [0.717, 1.165) is 0 Å². The summed E-state index contributed by atoms with van der Waals surface area (Å²) in [6.45, 7) is 5.89. The number of nitrogens with one attached hydrogen (secondary N) is 1. The predicted octanol–water partition coefficient (Wildman–Crippen LogP) is -0.708. The largest absolute Gasteiger partial charge is 0.480 e. The van der Waals surface area contributed by atoms with Gasteiger partial charge in [0.15, 0.2) is 0 Å². The van der Waals surface area contributed by atoms with Crippen molar-refractivity contribution in [3.63, 3.8) is 0 Å². The van der Waals surface area contributed by atoms with Crippen LogP contribution in [0.25, 0.3) is 0 Å². The van der Waals surface area contributed by atoms with Crippen LogP contribution in [0.5, 0.6) is 0 Å². The molecule has 5 atom stereocenters. The highest BCUT2D eigenvalue weighted by molar-refractivity contribution is 5.95. The Morgan fingerprint density at radius 2 is 1.60 bits per heavy atom. The molecule has 0 aromatic rings. The van der Waals surface area contributed by atoms with Gasteiger partial charge in [0.2, 0.25) is 17.7 Å². The number of hydrogen-bond donors (Lipinski definition) is 4. The van der Waals surface area contributed by atoms with Gasteiger partial charge in [-0.2, -0.15) is 0 Å². The van der Waals surface area contributed by atoms with Crippen molar-refractivity contribution in [1.82, 2.24) is 15.1 Å². The smallest absolute Gasteiger partial charge is 0.326 e. The molecule has 10 heteroatoms. The fraction of sp³-hybridized carbons (Fsp3) is 0.800. The molecule has 30 heavy (non-hydrogen) atoms. The molecule has 0 saturated carbocycles. The molecule has 3 amide bonds. The first kappa shape index (κ1) is 24.1. The summed E-state index contributed by atoms with van der Waals surface area (Å²) < 4.78 is 0. The molecule has 5 N–H and O–H groups in total. The van der Waals surface area contributed by atoms with Crippen LogP contribution >= 0.6 is 0 Å². The van der Waals surface area contributed by atoms with Crippen LogP contribution < -0.4 is 11.1 Å². The van der Waals surface area contributed by atoms with Crippen LogP contribution in [-0.2, 0) is 19.2 Å². The quantitative estimate of drug-likeness (QED) is 0.400. The zero-order valence-electron chi connectivity index (χ0n) is 17.9. The molecule has 2 aliphatic rings. The van der Waals surface area contributed by atoms with Crippen LogP contribution in [0.1, 0.15) is 52.9 Å². The molecule has 10 nitrogen and oxygen atoms in total. The predicted molar refractivity (Wildman–Crippen MR) is 108 cm³/mol. The highest BCUT2D eigenvalue weighted by Gasteiger charge is 2.44. The summed E-state index contributed by atoms with van der Waals surface area (Å²) in [7, 11) is 0. The fourth-order valence-electron chi connectivity index (χ4n) is 4.21. The zero-order chi connectivity index (χ0) is 22.6. The summed E-state index contributed by atoms with van der Waals surface area (Å²) >= 11 is 0. The van der Waals surface area contributed by atoms with Crippen LogP contribution in [0, 0.1) is 5.92 Å². The number of likely N-dealkylation sites (tertiary alicyclic amines) is 2. The van der Waals surface area contributed by atoms with Gasteiger partial charge in [-0.05, 0) is 44.9 Å². The summed E-state index contributed by atoms with van der Waals surface area (Å²) in [4.78, 5) is 52.7. The molecule has 2 aliphatic heterocycles. The van der Waals surface area contributed by atoms with Crippen molar-refractivity contribution in [3.05, 3.63) is 0 Å². The van der Waals surface area contributed by atoms with E-state index >= 15 is 0 Å². The third-order valence-electron chi connectivity index (χ3n) is 5.75. The molecular formula is C20H34N4O6. The molecule has 2 saturated heterocycles. The average molecular weight is 427 g/mol. The number of carbonyl (C=O) groups is 4. The Morgan fingerprint density at radius 1 is 1.03 bits per heavy atom.